The van der Waals surface area contributed by atoms with Crippen molar-refractivity contribution < 1.29 is 10.2 Å². The second kappa shape index (κ2) is 7.98. The molecule has 3 heteroatoms. The van der Waals surface area contributed by atoms with Gasteiger partial charge in [-0.05, 0) is 115 Å². The Bertz CT molecular complexity index is 1140. The van der Waals surface area contributed by atoms with Gasteiger partial charge in [-0.15, -0.1) is 0 Å². The van der Waals surface area contributed by atoms with Crippen LogP contribution in [0.15, 0.2) is 54.4 Å². The SMILES string of the molecule is C=C1C=C2[C@@]3(CC[C@H](C[C@H](CO)Cc4cc[nH]c4)C3)C[C@@H]3[C@@H](CO)CC[C@@H]4C=C[C@@]5([C@@H]1C5(C)C)[C@]2(C)[C@H]34. The molecule has 4 saturated carbocycles. The van der Waals surface area contributed by atoms with E-state index in [4.69, 9.17) is 6.58 Å². The molecule has 6 aliphatic rings. The van der Waals surface area contributed by atoms with Crippen molar-refractivity contribution >= 4 is 0 Å². The maximum atomic E-state index is 10.6. The van der Waals surface area contributed by atoms with Crippen molar-refractivity contribution in [1.82, 2.24) is 4.98 Å². The number of nitrogens with one attached hydrogen (secondary N) is 1. The number of aliphatic hydroxyl groups is 2. The Morgan fingerprint density at radius 1 is 1.14 bits per heavy atom. The molecule has 0 amide bonds. The van der Waals surface area contributed by atoms with Crippen molar-refractivity contribution in [2.45, 2.75) is 72.1 Å². The van der Waals surface area contributed by atoms with Crippen LogP contribution in [0, 0.1) is 63.1 Å². The molecule has 2 spiro atoms. The van der Waals surface area contributed by atoms with Crippen LogP contribution < -0.4 is 0 Å². The topological polar surface area (TPSA) is 56.2 Å². The minimum absolute atomic E-state index is 0.162. The molecule has 1 heterocycles. The molecule has 7 rings (SSSR count). The fourth-order valence-electron chi connectivity index (χ4n) is 12.0. The zero-order chi connectivity index (χ0) is 25.8. The Balaban J connectivity index is 1.27. The summed E-state index contributed by atoms with van der Waals surface area (Å²) < 4.78 is 0. The molecule has 0 aromatic carbocycles. The monoisotopic (exact) mass is 501 g/mol. The third-order valence-electron chi connectivity index (χ3n) is 13.2. The van der Waals surface area contributed by atoms with E-state index in [2.05, 4.69) is 56.2 Å². The molecule has 3 nitrogen and oxygen atoms in total. The minimum Gasteiger partial charge on any atom is -0.396 e. The van der Waals surface area contributed by atoms with Gasteiger partial charge in [0.05, 0.1) is 0 Å². The Kier molecular flexibility index (Phi) is 5.27. The fourth-order valence-corrected chi connectivity index (χ4v) is 12.0. The first-order valence-corrected chi connectivity index (χ1v) is 15.2. The molecule has 6 aliphatic carbocycles. The van der Waals surface area contributed by atoms with Gasteiger partial charge in [0.15, 0.2) is 0 Å². The number of aromatic amines is 1. The first-order valence-electron chi connectivity index (χ1n) is 15.2. The first-order chi connectivity index (χ1) is 17.7. The van der Waals surface area contributed by atoms with Crippen molar-refractivity contribution in [2.24, 2.45) is 63.1 Å². The van der Waals surface area contributed by atoms with Crippen molar-refractivity contribution in [3.8, 4) is 0 Å². The largest absolute Gasteiger partial charge is 0.396 e. The van der Waals surface area contributed by atoms with E-state index in [1.165, 1.54) is 49.7 Å². The lowest BCUT2D eigenvalue weighted by atomic mass is 9.37. The van der Waals surface area contributed by atoms with Crippen LogP contribution in [0.1, 0.15) is 71.3 Å². The molecule has 1 aromatic rings. The normalized spacial score (nSPS) is 47.4. The van der Waals surface area contributed by atoms with E-state index < -0.39 is 0 Å². The van der Waals surface area contributed by atoms with Crippen LogP contribution in [0.5, 0.6) is 0 Å². The molecule has 0 unspecified atom stereocenters. The quantitative estimate of drug-likeness (QED) is 0.379. The molecular formula is C34H47NO2. The van der Waals surface area contributed by atoms with Gasteiger partial charge >= 0.3 is 0 Å². The third-order valence-corrected chi connectivity index (χ3v) is 13.2. The van der Waals surface area contributed by atoms with Crippen LogP contribution in [0.2, 0.25) is 0 Å². The number of aliphatic hydroxyl groups excluding tert-OH is 2. The number of rotatable bonds is 6. The number of fused-ring (bicyclic) bond motifs is 1. The first kappa shape index (κ1) is 24.5. The lowest BCUT2D eigenvalue weighted by Crippen LogP contribution is -2.60. The predicted molar refractivity (Wildman–Crippen MR) is 149 cm³/mol. The molecule has 4 fully saturated rings. The average Bonchev–Trinajstić information content (AvgIpc) is 3.27. The summed E-state index contributed by atoms with van der Waals surface area (Å²) in [5.74, 6) is 3.91. The molecule has 0 radical (unpaired) electrons. The maximum absolute atomic E-state index is 10.6. The maximum Gasteiger partial charge on any atom is 0.0462 e. The molecule has 200 valence electrons. The summed E-state index contributed by atoms with van der Waals surface area (Å²) in [7, 11) is 0. The second-order valence-electron chi connectivity index (χ2n) is 14.9. The van der Waals surface area contributed by atoms with Crippen molar-refractivity contribution in [1.29, 1.82) is 0 Å². The van der Waals surface area contributed by atoms with Crippen LogP contribution in [-0.2, 0) is 6.42 Å². The van der Waals surface area contributed by atoms with E-state index in [-0.39, 0.29) is 28.3 Å². The summed E-state index contributed by atoms with van der Waals surface area (Å²) in [5.41, 5.74) is 5.24. The Morgan fingerprint density at radius 2 is 1.97 bits per heavy atom. The van der Waals surface area contributed by atoms with E-state index in [9.17, 15) is 10.2 Å². The number of hydrogen-bond acceptors (Lipinski definition) is 2. The zero-order valence-electron chi connectivity index (χ0n) is 23.2. The highest BCUT2D eigenvalue weighted by atomic mass is 16.3. The van der Waals surface area contributed by atoms with E-state index in [1.807, 2.05) is 6.20 Å². The standard InChI is InChI=1S/C34H47NO2/c1-21-13-28-32(4)29-25(8-11-34(32)30(21)31(34,2)3)5-6-26(20-37)27(29)17-33(28)10-7-22(16-33)14-24(19-36)15-23-9-12-35-18-23/h8-9,11-13,18,22,24-27,29-30,35-37H,1,5-7,10,14-17,19-20H2,2-4H3/t22-,24+,25-,26-,27-,29+,30+,32+,33-,34+/m1/s1. The van der Waals surface area contributed by atoms with Gasteiger partial charge in [0.25, 0.3) is 0 Å². The smallest absolute Gasteiger partial charge is 0.0462 e. The van der Waals surface area contributed by atoms with Crippen LogP contribution in [0.25, 0.3) is 0 Å². The van der Waals surface area contributed by atoms with Crippen LogP contribution in [-0.4, -0.2) is 28.4 Å². The van der Waals surface area contributed by atoms with Crippen molar-refractivity contribution in [3.63, 3.8) is 0 Å². The molecule has 0 saturated heterocycles. The minimum atomic E-state index is 0.162. The molecular weight excluding hydrogens is 454 g/mol. The Hall–Kier alpha value is -1.58. The lowest BCUT2D eigenvalue weighted by Gasteiger charge is -2.66. The summed E-state index contributed by atoms with van der Waals surface area (Å²) in [6, 6.07) is 2.15. The van der Waals surface area contributed by atoms with Gasteiger partial charge in [0, 0.05) is 36.4 Å². The van der Waals surface area contributed by atoms with Gasteiger partial charge in [-0.2, -0.15) is 0 Å². The van der Waals surface area contributed by atoms with Crippen LogP contribution in [0.4, 0.5) is 0 Å². The van der Waals surface area contributed by atoms with Crippen molar-refractivity contribution in [3.05, 3.63) is 60.0 Å². The molecule has 37 heavy (non-hydrogen) atoms. The summed E-state index contributed by atoms with van der Waals surface area (Å²) in [6.45, 7) is 13.0. The van der Waals surface area contributed by atoms with E-state index in [0.717, 1.165) is 12.8 Å². The second-order valence-corrected chi connectivity index (χ2v) is 14.9. The summed E-state index contributed by atoms with van der Waals surface area (Å²) >= 11 is 0. The number of aromatic nitrogens is 1. The summed E-state index contributed by atoms with van der Waals surface area (Å²) in [6.07, 6.45) is 21.5. The van der Waals surface area contributed by atoms with Gasteiger partial charge in [-0.1, -0.05) is 56.7 Å². The average molecular weight is 502 g/mol. The number of H-pyrrole nitrogens is 1. The fraction of sp³-hybridized carbons (Fsp3) is 0.706. The summed E-state index contributed by atoms with van der Waals surface area (Å²) in [5, 5.41) is 20.8. The highest BCUT2D eigenvalue weighted by Gasteiger charge is 2.83. The molecule has 10 atom stereocenters. The van der Waals surface area contributed by atoms with Gasteiger partial charge in [0.1, 0.15) is 0 Å². The molecule has 1 aromatic heterocycles. The van der Waals surface area contributed by atoms with Crippen LogP contribution >= 0.6 is 0 Å². The highest BCUT2D eigenvalue weighted by molar-refractivity contribution is 5.56. The third kappa shape index (κ3) is 2.97. The van der Waals surface area contributed by atoms with E-state index >= 15 is 0 Å². The van der Waals surface area contributed by atoms with Gasteiger partial charge in [-0.3, -0.25) is 0 Å². The van der Waals surface area contributed by atoms with E-state index in [1.54, 1.807) is 5.57 Å². The Labute approximate surface area is 223 Å². The zero-order valence-corrected chi connectivity index (χ0v) is 23.2. The highest BCUT2D eigenvalue weighted by Crippen LogP contribution is 2.89. The molecule has 0 bridgehead atoms. The summed E-state index contributed by atoms with van der Waals surface area (Å²) in [4.78, 5) is 3.18. The van der Waals surface area contributed by atoms with Crippen molar-refractivity contribution in [2.75, 3.05) is 13.2 Å². The predicted octanol–water partition coefficient (Wildman–Crippen LogP) is 6.71. The van der Waals surface area contributed by atoms with Crippen LogP contribution in [0.3, 0.4) is 0 Å². The van der Waals surface area contributed by atoms with Gasteiger partial charge in [0.2, 0.25) is 0 Å². The van der Waals surface area contributed by atoms with E-state index in [0.29, 0.717) is 48.0 Å². The molecule has 3 N–H and O–H groups in total. The number of allylic oxidation sites excluding steroid dienone is 5. The van der Waals surface area contributed by atoms with Gasteiger partial charge < -0.3 is 15.2 Å². The number of hydrogen-bond donors (Lipinski definition) is 3. The van der Waals surface area contributed by atoms with Gasteiger partial charge in [-0.25, -0.2) is 0 Å². The molecule has 0 aliphatic heterocycles. The Morgan fingerprint density at radius 3 is 2.70 bits per heavy atom. The lowest BCUT2D eigenvalue weighted by molar-refractivity contribution is -0.0966.